The molecule has 1 fully saturated rings. The van der Waals surface area contributed by atoms with Crippen LogP contribution < -0.4 is 11.1 Å². The fourth-order valence-electron chi connectivity index (χ4n) is 2.46. The molecule has 3 rings (SSSR count). The van der Waals surface area contributed by atoms with Gasteiger partial charge in [0.15, 0.2) is 0 Å². The Labute approximate surface area is 127 Å². The molecule has 1 saturated heterocycles. The molecule has 5 nitrogen and oxygen atoms in total. The predicted octanol–water partition coefficient (Wildman–Crippen LogP) is 2.11. The van der Waals surface area contributed by atoms with Gasteiger partial charge in [-0.05, 0) is 25.0 Å². The minimum atomic E-state index is -0.0104. The first-order valence-corrected chi connectivity index (χ1v) is 8.19. The lowest BCUT2D eigenvalue weighted by Crippen LogP contribution is -2.30. The van der Waals surface area contributed by atoms with Crippen LogP contribution in [0, 0.1) is 0 Å². The summed E-state index contributed by atoms with van der Waals surface area (Å²) in [4.78, 5) is 20.8. The summed E-state index contributed by atoms with van der Waals surface area (Å²) in [6.07, 6.45) is 3.05. The van der Waals surface area contributed by atoms with Crippen LogP contribution in [0.15, 0.2) is 24.3 Å². The lowest BCUT2D eigenvalue weighted by Gasteiger charge is -2.12. The Morgan fingerprint density at radius 3 is 3.05 bits per heavy atom. The van der Waals surface area contributed by atoms with Crippen LogP contribution in [-0.4, -0.2) is 27.7 Å². The number of aromatic nitrogens is 2. The van der Waals surface area contributed by atoms with Crippen LogP contribution in [0.4, 0.5) is 5.82 Å². The highest BCUT2D eigenvalue weighted by Crippen LogP contribution is 2.24. The van der Waals surface area contributed by atoms with Gasteiger partial charge in [-0.15, -0.1) is 11.8 Å². The molecule has 21 heavy (non-hydrogen) atoms. The second-order valence-electron chi connectivity index (χ2n) is 5.13. The Hall–Kier alpha value is -1.82. The molecule has 3 N–H and O–H groups in total. The topological polar surface area (TPSA) is 80.9 Å². The molecule has 1 amide bonds. The van der Waals surface area contributed by atoms with E-state index in [0.717, 1.165) is 36.7 Å². The predicted molar refractivity (Wildman–Crippen MR) is 85.9 cm³/mol. The van der Waals surface area contributed by atoms with E-state index in [2.05, 4.69) is 15.3 Å². The number of hydrogen-bond donors (Lipinski definition) is 2. The van der Waals surface area contributed by atoms with E-state index in [1.807, 2.05) is 24.3 Å². The molecule has 1 aromatic carbocycles. The molecule has 2 aromatic rings. The Morgan fingerprint density at radius 2 is 2.14 bits per heavy atom. The van der Waals surface area contributed by atoms with Gasteiger partial charge in [-0.1, -0.05) is 18.6 Å². The number of para-hydroxylation sites is 1. The number of nitrogens with zero attached hydrogens (tertiary/aromatic N) is 2. The fraction of sp³-hybridized carbons (Fsp3) is 0.400. The summed E-state index contributed by atoms with van der Waals surface area (Å²) in [5, 5.41) is 3.81. The molecule has 0 bridgehead atoms. The molecule has 0 spiro atoms. The van der Waals surface area contributed by atoms with Gasteiger partial charge in [0.2, 0.25) is 5.91 Å². The monoisotopic (exact) mass is 302 g/mol. The molecule has 2 heterocycles. The average Bonchev–Trinajstić information content (AvgIpc) is 2.70. The summed E-state index contributed by atoms with van der Waals surface area (Å²) in [5.74, 6) is 1.92. The minimum absolute atomic E-state index is 0.0104. The number of nitrogens with two attached hydrogens (primary N) is 1. The normalized spacial score (nSPS) is 19.2. The van der Waals surface area contributed by atoms with Crippen molar-refractivity contribution in [3.8, 4) is 0 Å². The zero-order valence-corrected chi connectivity index (χ0v) is 12.5. The largest absolute Gasteiger partial charge is 0.383 e. The number of carbonyl (C=O) groups excluding carboxylic acids is 1. The molecular formula is C15H18N4OS. The maximum absolute atomic E-state index is 11.9. The first-order chi connectivity index (χ1) is 10.2. The van der Waals surface area contributed by atoms with Crippen molar-refractivity contribution in [3.63, 3.8) is 0 Å². The summed E-state index contributed by atoms with van der Waals surface area (Å²) in [6.45, 7) is 0.787. The summed E-state index contributed by atoms with van der Waals surface area (Å²) in [5.41, 5.74) is 6.83. The quantitative estimate of drug-likeness (QED) is 0.907. The SMILES string of the molecule is Nc1nc(CSC2CCCCNC2=O)nc2ccccc12. The smallest absolute Gasteiger partial charge is 0.233 e. The van der Waals surface area contributed by atoms with Crippen molar-refractivity contribution in [2.24, 2.45) is 0 Å². The Kier molecular flexibility index (Phi) is 4.24. The van der Waals surface area contributed by atoms with Crippen LogP contribution in [0.25, 0.3) is 10.9 Å². The zero-order valence-electron chi connectivity index (χ0n) is 11.7. The third kappa shape index (κ3) is 3.26. The van der Waals surface area contributed by atoms with E-state index in [9.17, 15) is 4.79 Å². The van der Waals surface area contributed by atoms with E-state index in [0.29, 0.717) is 17.4 Å². The Balaban J connectivity index is 1.74. The molecule has 0 aliphatic carbocycles. The summed E-state index contributed by atoms with van der Waals surface area (Å²) in [6, 6.07) is 7.71. The van der Waals surface area contributed by atoms with Gasteiger partial charge in [0.1, 0.15) is 11.6 Å². The van der Waals surface area contributed by atoms with Crippen molar-refractivity contribution in [2.45, 2.75) is 30.3 Å². The standard InChI is InChI=1S/C15H18N4OS/c16-14-10-5-1-2-6-11(10)18-13(19-14)9-21-12-7-3-4-8-17-15(12)20/h1-2,5-6,12H,3-4,7-9H2,(H,17,20)(H2,16,18,19). The van der Waals surface area contributed by atoms with Gasteiger partial charge >= 0.3 is 0 Å². The average molecular weight is 302 g/mol. The summed E-state index contributed by atoms with van der Waals surface area (Å²) < 4.78 is 0. The number of carbonyl (C=O) groups is 1. The molecule has 1 atom stereocenters. The maximum atomic E-state index is 11.9. The Morgan fingerprint density at radius 1 is 1.29 bits per heavy atom. The fourth-order valence-corrected chi connectivity index (χ4v) is 3.51. The van der Waals surface area contributed by atoms with Crippen LogP contribution in [0.1, 0.15) is 25.1 Å². The molecule has 110 valence electrons. The van der Waals surface area contributed by atoms with Crippen LogP contribution in [-0.2, 0) is 10.5 Å². The van der Waals surface area contributed by atoms with E-state index >= 15 is 0 Å². The third-order valence-electron chi connectivity index (χ3n) is 3.58. The van der Waals surface area contributed by atoms with Crippen molar-refractivity contribution in [1.29, 1.82) is 0 Å². The number of hydrogen-bond acceptors (Lipinski definition) is 5. The van der Waals surface area contributed by atoms with E-state index < -0.39 is 0 Å². The van der Waals surface area contributed by atoms with Gasteiger partial charge in [-0.2, -0.15) is 0 Å². The number of rotatable bonds is 3. The first-order valence-electron chi connectivity index (χ1n) is 7.14. The van der Waals surface area contributed by atoms with Crippen molar-refractivity contribution in [2.75, 3.05) is 12.3 Å². The van der Waals surface area contributed by atoms with Crippen LogP contribution in [0.2, 0.25) is 0 Å². The summed E-state index contributed by atoms with van der Waals surface area (Å²) >= 11 is 1.60. The second-order valence-corrected chi connectivity index (χ2v) is 6.32. The van der Waals surface area contributed by atoms with Crippen LogP contribution >= 0.6 is 11.8 Å². The Bertz CT molecular complexity index is 661. The van der Waals surface area contributed by atoms with E-state index in [1.165, 1.54) is 0 Å². The molecule has 1 aromatic heterocycles. The van der Waals surface area contributed by atoms with Crippen molar-refractivity contribution in [3.05, 3.63) is 30.1 Å². The molecule has 1 unspecified atom stereocenters. The molecule has 1 aliphatic rings. The van der Waals surface area contributed by atoms with Crippen LogP contribution in [0.3, 0.4) is 0 Å². The van der Waals surface area contributed by atoms with Gasteiger partial charge in [-0.25, -0.2) is 9.97 Å². The van der Waals surface area contributed by atoms with Gasteiger partial charge in [-0.3, -0.25) is 4.79 Å². The van der Waals surface area contributed by atoms with E-state index in [1.54, 1.807) is 11.8 Å². The number of amides is 1. The highest BCUT2D eigenvalue weighted by Gasteiger charge is 2.21. The molecule has 0 saturated carbocycles. The number of anilines is 1. The maximum Gasteiger partial charge on any atom is 0.233 e. The second kappa shape index (κ2) is 6.30. The van der Waals surface area contributed by atoms with Crippen molar-refractivity contribution in [1.82, 2.24) is 15.3 Å². The van der Waals surface area contributed by atoms with E-state index in [-0.39, 0.29) is 11.2 Å². The van der Waals surface area contributed by atoms with Gasteiger partial charge in [0, 0.05) is 11.9 Å². The minimum Gasteiger partial charge on any atom is -0.383 e. The molecule has 1 aliphatic heterocycles. The number of nitrogens with one attached hydrogen (secondary N) is 1. The van der Waals surface area contributed by atoms with Gasteiger partial charge in [0.25, 0.3) is 0 Å². The third-order valence-corrected chi connectivity index (χ3v) is 4.85. The van der Waals surface area contributed by atoms with Crippen molar-refractivity contribution < 1.29 is 4.79 Å². The molecular weight excluding hydrogens is 284 g/mol. The number of nitrogen functional groups attached to an aromatic ring is 1. The van der Waals surface area contributed by atoms with Crippen molar-refractivity contribution >= 4 is 34.4 Å². The van der Waals surface area contributed by atoms with Gasteiger partial charge in [0.05, 0.1) is 16.5 Å². The lowest BCUT2D eigenvalue weighted by molar-refractivity contribution is -0.120. The number of fused-ring (bicyclic) bond motifs is 1. The van der Waals surface area contributed by atoms with E-state index in [4.69, 9.17) is 5.73 Å². The summed E-state index contributed by atoms with van der Waals surface area (Å²) in [7, 11) is 0. The highest BCUT2D eigenvalue weighted by molar-refractivity contribution is 7.99. The molecule has 6 heteroatoms. The number of benzene rings is 1. The van der Waals surface area contributed by atoms with Gasteiger partial charge < -0.3 is 11.1 Å². The number of thioether (sulfide) groups is 1. The lowest BCUT2D eigenvalue weighted by atomic mass is 10.2. The molecule has 0 radical (unpaired) electrons. The highest BCUT2D eigenvalue weighted by atomic mass is 32.2. The van der Waals surface area contributed by atoms with Crippen LogP contribution in [0.5, 0.6) is 0 Å². The first kappa shape index (κ1) is 14.1. The zero-order chi connectivity index (χ0) is 14.7.